The Morgan fingerprint density at radius 1 is 1.14 bits per heavy atom. The van der Waals surface area contributed by atoms with Gasteiger partial charge >= 0.3 is 0 Å². The van der Waals surface area contributed by atoms with Crippen LogP contribution < -0.4 is 14.8 Å². The van der Waals surface area contributed by atoms with Gasteiger partial charge in [-0.3, -0.25) is 14.3 Å². The second kappa shape index (κ2) is 10.4. The summed E-state index contributed by atoms with van der Waals surface area (Å²) in [6.45, 7) is 0.952. The second-order valence-corrected chi connectivity index (χ2v) is 12.3. The number of thiophene rings is 1. The van der Waals surface area contributed by atoms with Crippen molar-refractivity contribution >= 4 is 54.8 Å². The second-order valence-electron chi connectivity index (χ2n) is 8.09. The number of sulfonamides is 1. The zero-order chi connectivity index (χ0) is 25.2. The van der Waals surface area contributed by atoms with Crippen LogP contribution >= 0.6 is 27.3 Å². The molecule has 1 aromatic heterocycles. The Hall–Kier alpha value is -2.89. The van der Waals surface area contributed by atoms with Gasteiger partial charge in [-0.05, 0) is 51.8 Å². The quantitative estimate of drug-likeness (QED) is 0.438. The van der Waals surface area contributed by atoms with Crippen molar-refractivity contribution in [1.29, 1.82) is 0 Å². The molecule has 1 fully saturated rings. The number of nitrogens with one attached hydrogen (secondary N) is 2. The average Bonchev–Trinajstić information content (AvgIpc) is 3.46. The van der Waals surface area contributed by atoms with Crippen LogP contribution in [0.25, 0.3) is 11.1 Å². The zero-order valence-corrected chi connectivity index (χ0v) is 22.3. The lowest BCUT2D eigenvalue weighted by Gasteiger charge is -2.19. The Balaban J connectivity index is 1.61. The van der Waals surface area contributed by atoms with Crippen LogP contribution in [0.3, 0.4) is 0 Å². The van der Waals surface area contributed by atoms with E-state index in [9.17, 15) is 18.0 Å². The number of anilines is 1. The summed E-state index contributed by atoms with van der Waals surface area (Å²) in [5, 5.41) is 2.62. The van der Waals surface area contributed by atoms with Crippen molar-refractivity contribution in [1.82, 2.24) is 10.2 Å². The lowest BCUT2D eigenvalue weighted by molar-refractivity contribution is 0.0775. The number of hydrogen-bond donors (Lipinski definition) is 2. The van der Waals surface area contributed by atoms with Crippen molar-refractivity contribution in [3.63, 3.8) is 0 Å². The third-order valence-corrected chi connectivity index (χ3v) is 7.70. The fourth-order valence-corrected chi connectivity index (χ4v) is 5.84. The SMILES string of the molecule is CNC(=O)c1ccc(-c2ccccc2NS(C)(=O)=O)cc1O[C@@H]1CCN(C(=O)c2ccc(Br)s2)C1. The van der Waals surface area contributed by atoms with Crippen LogP contribution in [-0.2, 0) is 10.0 Å². The van der Waals surface area contributed by atoms with E-state index < -0.39 is 10.0 Å². The van der Waals surface area contributed by atoms with Gasteiger partial charge < -0.3 is 15.0 Å². The summed E-state index contributed by atoms with van der Waals surface area (Å²) in [7, 11) is -1.94. The molecule has 8 nitrogen and oxygen atoms in total. The highest BCUT2D eigenvalue weighted by Crippen LogP contribution is 2.34. The number of amides is 2. The number of halogens is 1. The Kier molecular flexibility index (Phi) is 7.48. The van der Waals surface area contributed by atoms with Gasteiger partial charge in [0.15, 0.2) is 0 Å². The highest BCUT2D eigenvalue weighted by molar-refractivity contribution is 9.11. The molecule has 0 bridgehead atoms. The number of carbonyl (C=O) groups is 2. The van der Waals surface area contributed by atoms with Crippen LogP contribution in [0.5, 0.6) is 5.75 Å². The average molecular weight is 579 g/mol. The molecule has 0 saturated carbocycles. The minimum absolute atomic E-state index is 0.0483. The van der Waals surface area contributed by atoms with E-state index in [0.717, 1.165) is 10.0 Å². The molecule has 0 spiro atoms. The maximum atomic E-state index is 12.8. The van der Waals surface area contributed by atoms with E-state index in [1.165, 1.54) is 11.3 Å². The van der Waals surface area contributed by atoms with E-state index in [-0.39, 0.29) is 17.9 Å². The molecule has 11 heteroatoms. The molecule has 0 aliphatic carbocycles. The van der Waals surface area contributed by atoms with Crippen LogP contribution in [0.4, 0.5) is 5.69 Å². The molecular weight excluding hydrogens is 554 g/mol. The first kappa shape index (κ1) is 25.2. The van der Waals surface area contributed by atoms with Crippen molar-refractivity contribution < 1.29 is 22.7 Å². The number of likely N-dealkylation sites (tertiary alicyclic amines) is 1. The van der Waals surface area contributed by atoms with E-state index in [4.69, 9.17) is 4.74 Å². The van der Waals surface area contributed by atoms with Crippen LogP contribution in [0.1, 0.15) is 26.5 Å². The van der Waals surface area contributed by atoms with E-state index in [0.29, 0.717) is 52.5 Å². The zero-order valence-electron chi connectivity index (χ0n) is 19.1. The van der Waals surface area contributed by atoms with E-state index in [2.05, 4.69) is 26.0 Å². The van der Waals surface area contributed by atoms with Crippen molar-refractivity contribution in [2.45, 2.75) is 12.5 Å². The number of rotatable bonds is 7. The maximum absolute atomic E-state index is 12.8. The lowest BCUT2D eigenvalue weighted by atomic mass is 10.0. The van der Waals surface area contributed by atoms with E-state index in [1.54, 1.807) is 60.5 Å². The molecule has 0 unspecified atom stereocenters. The minimum Gasteiger partial charge on any atom is -0.488 e. The summed E-state index contributed by atoms with van der Waals surface area (Å²) in [4.78, 5) is 27.7. The van der Waals surface area contributed by atoms with Gasteiger partial charge in [0.25, 0.3) is 11.8 Å². The molecule has 1 aliphatic heterocycles. The van der Waals surface area contributed by atoms with Gasteiger partial charge in [-0.2, -0.15) is 0 Å². The molecule has 3 aromatic rings. The fraction of sp³-hybridized carbons (Fsp3) is 0.250. The summed E-state index contributed by atoms with van der Waals surface area (Å²) in [5.74, 6) is 0.0190. The molecule has 1 saturated heterocycles. The van der Waals surface area contributed by atoms with Gasteiger partial charge in [-0.25, -0.2) is 8.42 Å². The van der Waals surface area contributed by atoms with Crippen molar-refractivity contribution in [3.05, 3.63) is 68.8 Å². The van der Waals surface area contributed by atoms with Gasteiger partial charge in [0, 0.05) is 25.6 Å². The monoisotopic (exact) mass is 577 g/mol. The number of ether oxygens (including phenoxy) is 1. The Morgan fingerprint density at radius 2 is 1.91 bits per heavy atom. The smallest absolute Gasteiger partial charge is 0.264 e. The molecule has 184 valence electrons. The standard InChI is InChI=1S/C24H24BrN3O5S2/c1-26-23(29)18-8-7-15(17-5-3-4-6-19(17)27-35(2,31)32)13-20(18)33-16-11-12-28(14-16)24(30)21-9-10-22(25)34-21/h3-10,13,16,27H,11-12,14H2,1-2H3,(H,26,29)/t16-/m1/s1. The topological polar surface area (TPSA) is 105 Å². The highest BCUT2D eigenvalue weighted by atomic mass is 79.9. The van der Waals surface area contributed by atoms with Gasteiger partial charge in [0.05, 0.1) is 32.7 Å². The predicted octanol–water partition coefficient (Wildman–Crippen LogP) is 4.20. The van der Waals surface area contributed by atoms with E-state index in [1.807, 2.05) is 6.07 Å². The molecule has 4 rings (SSSR count). The van der Waals surface area contributed by atoms with Crippen LogP contribution in [0, 0.1) is 0 Å². The van der Waals surface area contributed by atoms with Crippen molar-refractivity contribution in [3.8, 4) is 16.9 Å². The largest absolute Gasteiger partial charge is 0.488 e. The van der Waals surface area contributed by atoms with Gasteiger partial charge in [-0.15, -0.1) is 11.3 Å². The summed E-state index contributed by atoms with van der Waals surface area (Å²) in [6, 6.07) is 15.8. The third kappa shape index (κ3) is 6.03. The maximum Gasteiger partial charge on any atom is 0.264 e. The Labute approximate surface area is 216 Å². The van der Waals surface area contributed by atoms with Crippen molar-refractivity contribution in [2.24, 2.45) is 0 Å². The minimum atomic E-state index is -3.48. The molecule has 1 aliphatic rings. The van der Waals surface area contributed by atoms with Gasteiger partial charge in [0.1, 0.15) is 11.9 Å². The first-order valence-corrected chi connectivity index (χ1v) is 14.3. The first-order valence-electron chi connectivity index (χ1n) is 10.8. The summed E-state index contributed by atoms with van der Waals surface area (Å²) in [5.41, 5.74) is 2.12. The first-order chi connectivity index (χ1) is 16.6. The van der Waals surface area contributed by atoms with Crippen molar-refractivity contribution in [2.75, 3.05) is 31.1 Å². The number of nitrogens with zero attached hydrogens (tertiary/aromatic N) is 1. The molecule has 0 radical (unpaired) electrons. The molecule has 2 heterocycles. The number of hydrogen-bond acceptors (Lipinski definition) is 6. The number of benzene rings is 2. The molecule has 2 N–H and O–H groups in total. The van der Waals surface area contributed by atoms with Crippen LogP contribution in [0.15, 0.2) is 58.4 Å². The number of para-hydroxylation sites is 1. The predicted molar refractivity (Wildman–Crippen MR) is 141 cm³/mol. The molecule has 2 aromatic carbocycles. The normalized spacial score (nSPS) is 15.6. The Morgan fingerprint density at radius 3 is 2.60 bits per heavy atom. The van der Waals surface area contributed by atoms with Crippen LogP contribution in [0.2, 0.25) is 0 Å². The summed E-state index contributed by atoms with van der Waals surface area (Å²) in [6.07, 6.45) is 1.43. The molecule has 1 atom stereocenters. The third-order valence-electron chi connectivity index (χ3n) is 5.50. The van der Waals surface area contributed by atoms with Gasteiger partial charge in [0.2, 0.25) is 10.0 Å². The summed E-state index contributed by atoms with van der Waals surface area (Å²) < 4.78 is 33.3. The van der Waals surface area contributed by atoms with E-state index >= 15 is 0 Å². The summed E-state index contributed by atoms with van der Waals surface area (Å²) >= 11 is 4.77. The molecule has 35 heavy (non-hydrogen) atoms. The molecular formula is C24H24BrN3O5S2. The lowest BCUT2D eigenvalue weighted by Crippen LogP contribution is -2.30. The fourth-order valence-electron chi connectivity index (χ4n) is 3.91. The highest BCUT2D eigenvalue weighted by Gasteiger charge is 2.30. The van der Waals surface area contributed by atoms with Gasteiger partial charge in [-0.1, -0.05) is 24.3 Å². The molecule has 2 amide bonds. The number of carbonyl (C=O) groups excluding carboxylic acids is 2. The Bertz CT molecular complexity index is 1370. The van der Waals surface area contributed by atoms with Crippen LogP contribution in [-0.4, -0.2) is 57.6 Å².